The van der Waals surface area contributed by atoms with Gasteiger partial charge in [-0.15, -0.1) is 0 Å². The molecule has 0 aromatic carbocycles. The molecule has 2 fully saturated rings. The first kappa shape index (κ1) is 15.3. The van der Waals surface area contributed by atoms with E-state index in [0.717, 1.165) is 44.6 Å². The highest BCUT2D eigenvalue weighted by Crippen LogP contribution is 2.48. The van der Waals surface area contributed by atoms with Gasteiger partial charge in [-0.05, 0) is 44.7 Å². The highest BCUT2D eigenvalue weighted by atomic mass is 16.5. The van der Waals surface area contributed by atoms with E-state index in [1.165, 1.54) is 0 Å². The Morgan fingerprint density at radius 1 is 1.41 bits per heavy atom. The number of ether oxygens (including phenoxy) is 1. The van der Waals surface area contributed by atoms with Crippen LogP contribution in [-0.2, 0) is 4.74 Å². The molecule has 1 aromatic heterocycles. The van der Waals surface area contributed by atoms with E-state index in [-0.39, 0.29) is 17.4 Å². The third-order valence-corrected chi connectivity index (χ3v) is 5.26. The number of nitriles is 1. The molecule has 1 saturated carbocycles. The predicted molar refractivity (Wildman–Crippen MR) is 83.4 cm³/mol. The van der Waals surface area contributed by atoms with E-state index < -0.39 is 0 Å². The third-order valence-electron chi connectivity index (χ3n) is 5.26. The monoisotopic (exact) mass is 301 g/mol. The van der Waals surface area contributed by atoms with Crippen molar-refractivity contribution in [1.82, 2.24) is 4.98 Å². The highest BCUT2D eigenvalue weighted by molar-refractivity contribution is 5.52. The summed E-state index contributed by atoms with van der Waals surface area (Å²) in [5.74, 6) is 0.842. The van der Waals surface area contributed by atoms with Gasteiger partial charge < -0.3 is 15.2 Å². The number of rotatable bonds is 3. The first-order valence-corrected chi connectivity index (χ1v) is 8.02. The molecule has 1 spiro atoms. The minimum absolute atomic E-state index is 0.0443. The zero-order valence-electron chi connectivity index (χ0n) is 13.0. The number of pyridine rings is 1. The average Bonchev–Trinajstić information content (AvgIpc) is 2.83. The van der Waals surface area contributed by atoms with E-state index >= 15 is 0 Å². The molecular formula is C17H23N3O2. The average molecular weight is 301 g/mol. The van der Waals surface area contributed by atoms with Crippen LogP contribution in [0.5, 0.6) is 0 Å². The summed E-state index contributed by atoms with van der Waals surface area (Å²) in [6, 6.07) is 5.79. The van der Waals surface area contributed by atoms with Crippen LogP contribution in [0.2, 0.25) is 0 Å². The SMILES string of the molecule is Cc1ccc(C#N)c(NC[C@@H]2CCC3(CCOCC3)[C@H]2O)n1. The molecule has 0 radical (unpaired) electrons. The minimum Gasteiger partial charge on any atom is -0.392 e. The number of nitrogens with zero attached hydrogens (tertiary/aromatic N) is 2. The summed E-state index contributed by atoms with van der Waals surface area (Å²) < 4.78 is 5.44. The van der Waals surface area contributed by atoms with Crippen molar-refractivity contribution in [2.45, 2.75) is 38.7 Å². The van der Waals surface area contributed by atoms with Crippen LogP contribution in [0.1, 0.15) is 36.9 Å². The van der Waals surface area contributed by atoms with Gasteiger partial charge in [-0.3, -0.25) is 0 Å². The standard InChI is InChI=1S/C17H23N3O2/c1-12-2-3-13(10-18)16(20-12)19-11-14-4-5-17(15(14)21)6-8-22-9-7-17/h2-3,14-15,21H,4-9,11H2,1H3,(H,19,20)/t14-,15-/m0/s1. The number of aliphatic hydroxyl groups is 1. The number of aryl methyl sites for hydroxylation is 1. The second kappa shape index (κ2) is 6.23. The fourth-order valence-electron chi connectivity index (χ4n) is 3.83. The Hall–Kier alpha value is -1.64. The van der Waals surface area contributed by atoms with E-state index in [2.05, 4.69) is 16.4 Å². The van der Waals surface area contributed by atoms with E-state index in [0.29, 0.717) is 17.9 Å². The van der Waals surface area contributed by atoms with Gasteiger partial charge in [-0.2, -0.15) is 5.26 Å². The number of anilines is 1. The summed E-state index contributed by atoms with van der Waals surface area (Å²) in [5.41, 5.74) is 1.48. The Morgan fingerprint density at radius 2 is 2.18 bits per heavy atom. The van der Waals surface area contributed by atoms with Crippen LogP contribution in [0.3, 0.4) is 0 Å². The lowest BCUT2D eigenvalue weighted by atomic mass is 9.76. The first-order chi connectivity index (χ1) is 10.6. The zero-order valence-corrected chi connectivity index (χ0v) is 13.0. The van der Waals surface area contributed by atoms with E-state index in [9.17, 15) is 5.11 Å². The van der Waals surface area contributed by atoms with Crippen molar-refractivity contribution in [1.29, 1.82) is 5.26 Å². The Morgan fingerprint density at radius 3 is 2.91 bits per heavy atom. The van der Waals surface area contributed by atoms with Gasteiger partial charge in [0.15, 0.2) is 0 Å². The summed E-state index contributed by atoms with van der Waals surface area (Å²) in [5, 5.41) is 23.2. The molecule has 5 heteroatoms. The van der Waals surface area contributed by atoms with Crippen molar-refractivity contribution in [2.75, 3.05) is 25.1 Å². The largest absolute Gasteiger partial charge is 0.392 e. The summed E-state index contributed by atoms with van der Waals surface area (Å²) in [6.07, 6.45) is 3.70. The smallest absolute Gasteiger partial charge is 0.144 e. The van der Waals surface area contributed by atoms with Crippen LogP contribution < -0.4 is 5.32 Å². The number of hydrogen-bond donors (Lipinski definition) is 2. The summed E-state index contributed by atoms with van der Waals surface area (Å²) in [7, 11) is 0. The molecule has 0 bridgehead atoms. The molecule has 3 rings (SSSR count). The van der Waals surface area contributed by atoms with Gasteiger partial charge in [-0.1, -0.05) is 0 Å². The van der Waals surface area contributed by atoms with Crippen molar-refractivity contribution in [3.63, 3.8) is 0 Å². The molecule has 1 aliphatic heterocycles. The topological polar surface area (TPSA) is 78.2 Å². The lowest BCUT2D eigenvalue weighted by Gasteiger charge is -2.37. The van der Waals surface area contributed by atoms with Gasteiger partial charge in [0.2, 0.25) is 0 Å². The highest BCUT2D eigenvalue weighted by Gasteiger charge is 2.47. The van der Waals surface area contributed by atoms with E-state index in [4.69, 9.17) is 10.00 Å². The first-order valence-electron chi connectivity index (χ1n) is 8.02. The van der Waals surface area contributed by atoms with Crippen molar-refractivity contribution < 1.29 is 9.84 Å². The normalized spacial score (nSPS) is 26.8. The molecule has 5 nitrogen and oxygen atoms in total. The van der Waals surface area contributed by atoms with Crippen LogP contribution in [-0.4, -0.2) is 36.0 Å². The molecule has 2 aliphatic rings. The van der Waals surface area contributed by atoms with Crippen molar-refractivity contribution in [3.8, 4) is 6.07 Å². The van der Waals surface area contributed by atoms with Gasteiger partial charge in [0, 0.05) is 36.8 Å². The maximum atomic E-state index is 10.7. The van der Waals surface area contributed by atoms with Crippen LogP contribution in [0.15, 0.2) is 12.1 Å². The lowest BCUT2D eigenvalue weighted by molar-refractivity contribution is -0.0545. The van der Waals surface area contributed by atoms with Crippen LogP contribution in [0.4, 0.5) is 5.82 Å². The van der Waals surface area contributed by atoms with Gasteiger partial charge in [0.1, 0.15) is 11.9 Å². The molecule has 1 saturated heterocycles. The molecule has 0 unspecified atom stereocenters. The zero-order chi connectivity index (χ0) is 15.6. The number of nitrogens with one attached hydrogen (secondary N) is 1. The molecule has 1 aromatic rings. The van der Waals surface area contributed by atoms with Gasteiger partial charge in [0.25, 0.3) is 0 Å². The van der Waals surface area contributed by atoms with Crippen molar-refractivity contribution in [2.24, 2.45) is 11.3 Å². The Kier molecular flexibility index (Phi) is 4.32. The molecule has 22 heavy (non-hydrogen) atoms. The molecule has 0 amide bonds. The molecule has 2 atom stereocenters. The van der Waals surface area contributed by atoms with Gasteiger partial charge in [0.05, 0.1) is 11.7 Å². The van der Waals surface area contributed by atoms with Crippen molar-refractivity contribution >= 4 is 5.82 Å². The second-order valence-electron chi connectivity index (χ2n) is 6.56. The maximum absolute atomic E-state index is 10.7. The van der Waals surface area contributed by atoms with Crippen molar-refractivity contribution in [3.05, 3.63) is 23.4 Å². The Balaban J connectivity index is 1.65. The molecule has 2 heterocycles. The molecular weight excluding hydrogens is 278 g/mol. The Labute approximate surface area is 131 Å². The fraction of sp³-hybridized carbons (Fsp3) is 0.647. The third kappa shape index (κ3) is 2.81. The van der Waals surface area contributed by atoms with Crippen LogP contribution in [0, 0.1) is 29.6 Å². The maximum Gasteiger partial charge on any atom is 0.144 e. The summed E-state index contributed by atoms with van der Waals surface area (Å²) in [4.78, 5) is 4.40. The minimum atomic E-state index is -0.292. The molecule has 2 N–H and O–H groups in total. The van der Waals surface area contributed by atoms with Gasteiger partial charge >= 0.3 is 0 Å². The van der Waals surface area contributed by atoms with Gasteiger partial charge in [-0.25, -0.2) is 4.98 Å². The molecule has 118 valence electrons. The van der Waals surface area contributed by atoms with Crippen LogP contribution in [0.25, 0.3) is 0 Å². The van der Waals surface area contributed by atoms with Crippen LogP contribution >= 0.6 is 0 Å². The number of aromatic nitrogens is 1. The fourth-order valence-corrected chi connectivity index (χ4v) is 3.83. The predicted octanol–water partition coefficient (Wildman–Crippen LogP) is 2.24. The van der Waals surface area contributed by atoms with E-state index in [1.807, 2.05) is 13.0 Å². The lowest BCUT2D eigenvalue weighted by Crippen LogP contribution is -2.40. The van der Waals surface area contributed by atoms with E-state index in [1.54, 1.807) is 6.07 Å². The number of hydrogen-bond acceptors (Lipinski definition) is 5. The Bertz CT molecular complexity index is 576. The quantitative estimate of drug-likeness (QED) is 0.895. The summed E-state index contributed by atoms with van der Waals surface area (Å²) >= 11 is 0. The number of aliphatic hydroxyl groups excluding tert-OH is 1. The second-order valence-corrected chi connectivity index (χ2v) is 6.56. The molecule has 1 aliphatic carbocycles. The summed E-state index contributed by atoms with van der Waals surface area (Å²) in [6.45, 7) is 4.09.